The summed E-state index contributed by atoms with van der Waals surface area (Å²) in [7, 11) is 0. The molecule has 58 heavy (non-hydrogen) atoms. The van der Waals surface area contributed by atoms with Crippen LogP contribution in [0.4, 0.5) is 0 Å². The first kappa shape index (κ1) is 54.8. The third-order valence-corrected chi connectivity index (χ3v) is 9.99. The van der Waals surface area contributed by atoms with Crippen molar-refractivity contribution < 1.29 is 15.0 Å². The summed E-state index contributed by atoms with van der Waals surface area (Å²) in [5, 5.41) is 22.8. The van der Waals surface area contributed by atoms with Gasteiger partial charge in [0, 0.05) is 6.42 Å². The summed E-state index contributed by atoms with van der Waals surface area (Å²) in [4.78, 5) is 12.3. The first-order valence-electron chi connectivity index (χ1n) is 23.7. The molecule has 0 spiro atoms. The average Bonchev–Trinajstić information content (AvgIpc) is 3.23. The zero-order valence-electron chi connectivity index (χ0n) is 37.5. The van der Waals surface area contributed by atoms with Gasteiger partial charge in [0.25, 0.3) is 0 Å². The van der Waals surface area contributed by atoms with E-state index in [2.05, 4.69) is 141 Å². The quantitative estimate of drug-likeness (QED) is 0.0426. The standard InChI is InChI=1S/C54H89NO3/c1-3-5-7-9-10-11-12-13-14-15-16-17-18-19-20-21-22-23-24-25-26-27-28-29-30-31-32-33-34-35-36-37-38-39-40-41-42-43-44-46-48-50-54(58)55-52(51-56)53(57)49-47-45-8-6-4-2/h5,7,10-11,13-14,16-17,19-20,22-23,25-26,28-29,31-32,34-35,52-53,56-57H,3-4,6,8-9,12,15,18,21,24,27,30,33,36-51H2,1-2H3,(H,55,58)/b7-5-,11-10-,14-13-,17-16-,20-19-,23-22-,26-25-,29-28-,32-31-,35-34-. The molecule has 0 saturated heterocycles. The van der Waals surface area contributed by atoms with E-state index in [1.165, 1.54) is 77.0 Å². The summed E-state index contributed by atoms with van der Waals surface area (Å²) in [5.41, 5.74) is 0. The van der Waals surface area contributed by atoms with Crippen LogP contribution in [-0.4, -0.2) is 34.9 Å². The molecule has 0 aromatic heterocycles. The van der Waals surface area contributed by atoms with Crippen molar-refractivity contribution in [1.82, 2.24) is 5.32 Å². The van der Waals surface area contributed by atoms with Gasteiger partial charge >= 0.3 is 0 Å². The monoisotopic (exact) mass is 800 g/mol. The Morgan fingerprint density at radius 1 is 0.431 bits per heavy atom. The van der Waals surface area contributed by atoms with E-state index >= 15 is 0 Å². The third-order valence-electron chi connectivity index (χ3n) is 9.99. The van der Waals surface area contributed by atoms with Crippen LogP contribution in [0.5, 0.6) is 0 Å². The minimum Gasteiger partial charge on any atom is -0.394 e. The number of hydrogen-bond donors (Lipinski definition) is 3. The lowest BCUT2D eigenvalue weighted by Gasteiger charge is -2.22. The van der Waals surface area contributed by atoms with Crippen LogP contribution in [0.1, 0.15) is 194 Å². The highest BCUT2D eigenvalue weighted by atomic mass is 16.3. The number of carbonyl (C=O) groups excluding carboxylic acids is 1. The van der Waals surface area contributed by atoms with Crippen LogP contribution in [0.3, 0.4) is 0 Å². The number of unbranched alkanes of at least 4 members (excludes halogenated alkanes) is 14. The second-order valence-corrected chi connectivity index (χ2v) is 15.4. The van der Waals surface area contributed by atoms with E-state index in [0.29, 0.717) is 12.8 Å². The summed E-state index contributed by atoms with van der Waals surface area (Å²) in [6, 6.07) is -0.541. The van der Waals surface area contributed by atoms with Crippen molar-refractivity contribution in [2.75, 3.05) is 6.61 Å². The van der Waals surface area contributed by atoms with Gasteiger partial charge in [-0.05, 0) is 89.9 Å². The summed E-state index contributed by atoms with van der Waals surface area (Å²) >= 11 is 0. The van der Waals surface area contributed by atoms with Crippen LogP contribution >= 0.6 is 0 Å². The molecule has 2 unspecified atom stereocenters. The summed E-state index contributed by atoms with van der Waals surface area (Å²) in [6.45, 7) is 4.14. The van der Waals surface area contributed by atoms with Crippen LogP contribution in [0, 0.1) is 0 Å². The van der Waals surface area contributed by atoms with Crippen molar-refractivity contribution in [1.29, 1.82) is 0 Å². The van der Waals surface area contributed by atoms with Crippen molar-refractivity contribution in [3.8, 4) is 0 Å². The Bertz CT molecular complexity index is 1180. The zero-order valence-corrected chi connectivity index (χ0v) is 37.5. The van der Waals surface area contributed by atoms with Gasteiger partial charge in [-0.2, -0.15) is 0 Å². The molecule has 328 valence electrons. The van der Waals surface area contributed by atoms with Gasteiger partial charge in [-0.15, -0.1) is 0 Å². The maximum atomic E-state index is 12.3. The number of rotatable bonds is 41. The summed E-state index contributed by atoms with van der Waals surface area (Å²) in [6.07, 6.45) is 74.7. The normalized spacial score (nSPS) is 14.1. The van der Waals surface area contributed by atoms with E-state index in [1.54, 1.807) is 0 Å². The maximum Gasteiger partial charge on any atom is 0.220 e. The number of nitrogens with one attached hydrogen (secondary N) is 1. The van der Waals surface area contributed by atoms with E-state index < -0.39 is 12.1 Å². The Hall–Kier alpha value is -3.21. The maximum absolute atomic E-state index is 12.3. The number of carbonyl (C=O) groups is 1. The minimum atomic E-state index is -0.664. The van der Waals surface area contributed by atoms with Crippen molar-refractivity contribution in [2.24, 2.45) is 0 Å². The Labute approximate surface area is 358 Å². The number of aliphatic hydroxyl groups excluding tert-OH is 2. The molecule has 0 aliphatic heterocycles. The molecule has 0 bridgehead atoms. The number of allylic oxidation sites excluding steroid dienone is 20. The van der Waals surface area contributed by atoms with Crippen LogP contribution in [0.2, 0.25) is 0 Å². The Balaban J connectivity index is 3.57. The highest BCUT2D eigenvalue weighted by Gasteiger charge is 2.19. The molecule has 0 fully saturated rings. The summed E-state index contributed by atoms with van der Waals surface area (Å²) < 4.78 is 0. The van der Waals surface area contributed by atoms with Crippen molar-refractivity contribution >= 4 is 5.91 Å². The van der Waals surface area contributed by atoms with E-state index in [4.69, 9.17) is 0 Å². The van der Waals surface area contributed by atoms with Gasteiger partial charge in [0.1, 0.15) is 0 Å². The number of aliphatic hydroxyl groups is 2. The van der Waals surface area contributed by atoms with Gasteiger partial charge in [-0.3, -0.25) is 4.79 Å². The molecule has 0 aromatic rings. The summed E-state index contributed by atoms with van der Waals surface area (Å²) in [5.74, 6) is -0.0494. The molecule has 0 saturated carbocycles. The second kappa shape index (κ2) is 48.2. The molecule has 4 heteroatoms. The lowest BCUT2D eigenvalue weighted by molar-refractivity contribution is -0.123. The largest absolute Gasteiger partial charge is 0.394 e. The first-order chi connectivity index (χ1) is 28.7. The van der Waals surface area contributed by atoms with Gasteiger partial charge in [0.15, 0.2) is 0 Å². The second-order valence-electron chi connectivity index (χ2n) is 15.4. The highest BCUT2D eigenvalue weighted by molar-refractivity contribution is 5.76. The van der Waals surface area contributed by atoms with Gasteiger partial charge in [-0.25, -0.2) is 0 Å². The van der Waals surface area contributed by atoms with Crippen molar-refractivity contribution in [3.63, 3.8) is 0 Å². The Morgan fingerprint density at radius 3 is 1.14 bits per heavy atom. The lowest BCUT2D eigenvalue weighted by atomic mass is 10.0. The molecule has 3 N–H and O–H groups in total. The molecule has 0 rings (SSSR count). The van der Waals surface area contributed by atoms with Gasteiger partial charge in [0.2, 0.25) is 5.91 Å². The predicted octanol–water partition coefficient (Wildman–Crippen LogP) is 15.3. The Morgan fingerprint density at radius 2 is 0.759 bits per heavy atom. The number of hydrogen-bond acceptors (Lipinski definition) is 3. The first-order valence-corrected chi connectivity index (χ1v) is 23.7. The predicted molar refractivity (Wildman–Crippen MR) is 257 cm³/mol. The van der Waals surface area contributed by atoms with E-state index in [-0.39, 0.29) is 12.5 Å². The molecule has 0 aliphatic rings. The molecule has 0 aromatic carbocycles. The van der Waals surface area contributed by atoms with Crippen LogP contribution in [-0.2, 0) is 4.79 Å². The van der Waals surface area contributed by atoms with E-state index in [1.807, 2.05) is 0 Å². The van der Waals surface area contributed by atoms with Crippen LogP contribution in [0.25, 0.3) is 0 Å². The fourth-order valence-corrected chi connectivity index (χ4v) is 6.39. The molecular weight excluding hydrogens is 711 g/mol. The van der Waals surface area contributed by atoms with Crippen LogP contribution < -0.4 is 5.32 Å². The SMILES string of the molecule is CC/C=C\C/C=C\C/C=C\C/C=C\C/C=C\C/C=C\C/C=C\C/C=C\C/C=C\C/C=C\CCCCCCCCCCCCC(=O)NC(CO)C(O)CCCCCCC. The fraction of sp³-hybridized carbons (Fsp3) is 0.611. The molecule has 4 nitrogen and oxygen atoms in total. The van der Waals surface area contributed by atoms with Gasteiger partial charge in [-0.1, -0.05) is 219 Å². The third kappa shape index (κ3) is 43.9. The molecule has 2 atom stereocenters. The minimum absolute atomic E-state index is 0.0494. The highest BCUT2D eigenvalue weighted by Crippen LogP contribution is 2.13. The number of amides is 1. The molecular formula is C54H89NO3. The molecule has 0 aliphatic carbocycles. The average molecular weight is 800 g/mol. The van der Waals surface area contributed by atoms with Gasteiger partial charge < -0.3 is 15.5 Å². The smallest absolute Gasteiger partial charge is 0.220 e. The molecule has 0 radical (unpaired) electrons. The fourth-order valence-electron chi connectivity index (χ4n) is 6.39. The van der Waals surface area contributed by atoms with E-state index in [0.717, 1.165) is 89.9 Å². The van der Waals surface area contributed by atoms with Crippen molar-refractivity contribution in [2.45, 2.75) is 206 Å². The Kier molecular flexibility index (Phi) is 45.5. The van der Waals surface area contributed by atoms with Crippen LogP contribution in [0.15, 0.2) is 122 Å². The molecule has 0 heterocycles. The van der Waals surface area contributed by atoms with E-state index in [9.17, 15) is 15.0 Å². The topological polar surface area (TPSA) is 69.6 Å². The van der Waals surface area contributed by atoms with Gasteiger partial charge in [0.05, 0.1) is 18.8 Å². The lowest BCUT2D eigenvalue weighted by Crippen LogP contribution is -2.45. The van der Waals surface area contributed by atoms with Crippen molar-refractivity contribution in [3.05, 3.63) is 122 Å². The zero-order chi connectivity index (χ0) is 42.1. The molecule has 1 amide bonds.